The van der Waals surface area contributed by atoms with Gasteiger partial charge in [0.25, 0.3) is 0 Å². The largest absolute Gasteiger partial charge is 0.256 e. The molecule has 0 aliphatic rings. The summed E-state index contributed by atoms with van der Waals surface area (Å²) in [4.78, 5) is 28.4. The molecule has 0 fully saturated rings. The first kappa shape index (κ1) is 32.7. The highest BCUT2D eigenvalue weighted by Gasteiger charge is 2.18. The Balaban J connectivity index is 1.13. The highest BCUT2D eigenvalue weighted by Crippen LogP contribution is 2.41. The molecule has 0 saturated heterocycles. The molecule has 0 unspecified atom stereocenters. The number of benzene rings is 7. The molecular formula is C50H30N6. The third kappa shape index (κ3) is 5.90. The third-order valence-corrected chi connectivity index (χ3v) is 10.2. The van der Waals surface area contributed by atoms with E-state index < -0.39 is 0 Å². The molecule has 56 heavy (non-hydrogen) atoms. The van der Waals surface area contributed by atoms with E-state index in [0.29, 0.717) is 23.2 Å². The van der Waals surface area contributed by atoms with Crippen LogP contribution < -0.4 is 0 Å². The van der Waals surface area contributed by atoms with Crippen molar-refractivity contribution in [2.45, 2.75) is 0 Å². The zero-order valence-corrected chi connectivity index (χ0v) is 30.0. The van der Waals surface area contributed by atoms with Crippen LogP contribution in [0.1, 0.15) is 0 Å². The van der Waals surface area contributed by atoms with Crippen LogP contribution in [0, 0.1) is 6.57 Å². The van der Waals surface area contributed by atoms with Crippen molar-refractivity contribution in [1.29, 1.82) is 0 Å². The Hall–Kier alpha value is -7.88. The fourth-order valence-electron chi connectivity index (χ4n) is 7.50. The van der Waals surface area contributed by atoms with E-state index in [0.717, 1.165) is 82.6 Å². The topological polar surface area (TPSA) is 68.8 Å². The summed E-state index contributed by atoms with van der Waals surface area (Å²) >= 11 is 0. The summed E-state index contributed by atoms with van der Waals surface area (Å²) < 4.78 is 0. The zero-order valence-electron chi connectivity index (χ0n) is 30.0. The first-order chi connectivity index (χ1) is 27.7. The lowest BCUT2D eigenvalue weighted by atomic mass is 9.90. The number of fused-ring (bicyclic) bond motifs is 5. The summed E-state index contributed by atoms with van der Waals surface area (Å²) in [7, 11) is 0. The maximum atomic E-state index is 7.43. The minimum atomic E-state index is 0.599. The van der Waals surface area contributed by atoms with Gasteiger partial charge in [0, 0.05) is 51.0 Å². The zero-order chi connectivity index (χ0) is 37.4. The van der Waals surface area contributed by atoms with Crippen LogP contribution in [0.4, 0.5) is 5.69 Å². The van der Waals surface area contributed by atoms with Crippen LogP contribution in [-0.4, -0.2) is 24.9 Å². The predicted molar refractivity (Wildman–Crippen MR) is 227 cm³/mol. The summed E-state index contributed by atoms with van der Waals surface area (Å²) in [5.74, 6) is 1.84. The second-order valence-corrected chi connectivity index (χ2v) is 13.6. The van der Waals surface area contributed by atoms with Gasteiger partial charge in [-0.05, 0) is 69.4 Å². The molecule has 3 aromatic heterocycles. The van der Waals surface area contributed by atoms with Gasteiger partial charge in [-0.15, -0.1) is 0 Å². The number of nitrogens with zero attached hydrogens (tertiary/aromatic N) is 6. The van der Waals surface area contributed by atoms with Gasteiger partial charge in [0.1, 0.15) is 0 Å². The van der Waals surface area contributed by atoms with Gasteiger partial charge in [-0.25, -0.2) is 19.8 Å². The molecule has 0 N–H and O–H groups in total. The fourth-order valence-corrected chi connectivity index (χ4v) is 7.50. The second-order valence-electron chi connectivity index (χ2n) is 13.6. The molecule has 0 atom stereocenters. The van der Waals surface area contributed by atoms with E-state index in [4.69, 9.17) is 31.5 Å². The van der Waals surface area contributed by atoms with Crippen LogP contribution in [0.5, 0.6) is 0 Å². The Bertz CT molecular complexity index is 3080. The van der Waals surface area contributed by atoms with E-state index in [2.05, 4.69) is 77.6 Å². The molecule has 0 bridgehead atoms. The van der Waals surface area contributed by atoms with Crippen LogP contribution in [0.2, 0.25) is 0 Å². The van der Waals surface area contributed by atoms with E-state index in [9.17, 15) is 0 Å². The smallest absolute Gasteiger partial charge is 0.187 e. The third-order valence-electron chi connectivity index (χ3n) is 10.2. The molecule has 0 saturated carbocycles. The quantitative estimate of drug-likeness (QED) is 0.127. The molecule has 6 heteroatoms. The Morgan fingerprint density at radius 1 is 0.339 bits per heavy atom. The summed E-state index contributed by atoms with van der Waals surface area (Å²) in [5.41, 5.74) is 11.4. The molecule has 6 nitrogen and oxygen atoms in total. The molecule has 3 heterocycles. The second kappa shape index (κ2) is 13.8. The molecule has 10 rings (SSSR count). The fraction of sp³-hybridized carbons (Fsp3) is 0. The number of hydrogen-bond acceptors (Lipinski definition) is 5. The molecule has 0 aliphatic heterocycles. The molecule has 0 aliphatic carbocycles. The van der Waals surface area contributed by atoms with Gasteiger partial charge in [-0.3, -0.25) is 9.97 Å². The number of aromatic nitrogens is 5. The molecule has 0 amide bonds. The minimum Gasteiger partial charge on any atom is -0.256 e. The van der Waals surface area contributed by atoms with Crippen LogP contribution in [0.15, 0.2) is 182 Å². The van der Waals surface area contributed by atoms with E-state index in [-0.39, 0.29) is 0 Å². The van der Waals surface area contributed by atoms with Crippen LogP contribution in [0.25, 0.3) is 105 Å². The molecule has 0 spiro atoms. The summed E-state index contributed by atoms with van der Waals surface area (Å²) in [6.45, 7) is 7.43. The standard InChI is InChI=1S/C50H30N6/c1-51-39-19-9-16-36(29-39)32-22-24-33(25-23-32)42-30-44-41-21-11-27-53-47(41)43(31-45(44)40-20-10-26-52-46(40)42)37-17-8-18-38(28-37)50-55-48(34-12-4-2-5-13-34)54-49(56-50)35-14-6-3-7-15-35/h2-31H. The monoisotopic (exact) mass is 714 g/mol. The SMILES string of the molecule is [C-]#[N+]c1cccc(-c2ccc(-c3cc4c5cccnc5c(-c5cccc(-c6nc(-c7ccccc7)nc(-c7ccccc7)n6)c5)cc4c4cccnc34)cc2)c1. The van der Waals surface area contributed by atoms with Crippen molar-refractivity contribution in [3.8, 4) is 67.5 Å². The maximum absolute atomic E-state index is 7.43. The summed E-state index contributed by atoms with van der Waals surface area (Å²) in [6.07, 6.45) is 3.72. The molecule has 0 radical (unpaired) electrons. The van der Waals surface area contributed by atoms with Crippen LogP contribution in [-0.2, 0) is 0 Å². The van der Waals surface area contributed by atoms with Crippen molar-refractivity contribution in [2.24, 2.45) is 0 Å². The Kier molecular flexibility index (Phi) is 8.09. The normalized spacial score (nSPS) is 11.2. The number of pyridine rings is 2. The van der Waals surface area contributed by atoms with Crippen molar-refractivity contribution in [2.75, 3.05) is 0 Å². The Morgan fingerprint density at radius 3 is 1.41 bits per heavy atom. The first-order valence-electron chi connectivity index (χ1n) is 18.4. The van der Waals surface area contributed by atoms with Crippen molar-refractivity contribution in [3.63, 3.8) is 0 Å². The van der Waals surface area contributed by atoms with E-state index in [1.807, 2.05) is 109 Å². The van der Waals surface area contributed by atoms with Crippen LogP contribution in [0.3, 0.4) is 0 Å². The Morgan fingerprint density at radius 2 is 0.821 bits per heavy atom. The van der Waals surface area contributed by atoms with Crippen LogP contribution >= 0.6 is 0 Å². The van der Waals surface area contributed by atoms with Gasteiger partial charge in [-0.1, -0.05) is 133 Å². The maximum Gasteiger partial charge on any atom is 0.187 e. The van der Waals surface area contributed by atoms with Crippen molar-refractivity contribution >= 4 is 38.3 Å². The average molecular weight is 715 g/mol. The Labute approximate surface area is 323 Å². The van der Waals surface area contributed by atoms with Crippen molar-refractivity contribution < 1.29 is 0 Å². The van der Waals surface area contributed by atoms with Crippen molar-refractivity contribution in [1.82, 2.24) is 24.9 Å². The predicted octanol–water partition coefficient (Wildman–Crippen LogP) is 12.7. The lowest BCUT2D eigenvalue weighted by molar-refractivity contribution is 1.07. The average Bonchev–Trinajstić information content (AvgIpc) is 3.29. The minimum absolute atomic E-state index is 0.599. The molecule has 10 aromatic rings. The molecule has 7 aromatic carbocycles. The van der Waals surface area contributed by atoms with Gasteiger partial charge in [0.15, 0.2) is 23.2 Å². The number of hydrogen-bond donors (Lipinski definition) is 0. The van der Waals surface area contributed by atoms with Gasteiger partial charge in [-0.2, -0.15) is 0 Å². The van der Waals surface area contributed by atoms with E-state index >= 15 is 0 Å². The lowest BCUT2D eigenvalue weighted by Crippen LogP contribution is -2.00. The molecule has 260 valence electrons. The summed E-state index contributed by atoms with van der Waals surface area (Å²) in [6, 6.07) is 57.5. The summed E-state index contributed by atoms with van der Waals surface area (Å²) in [5, 5.41) is 4.33. The highest BCUT2D eigenvalue weighted by atomic mass is 15.0. The highest BCUT2D eigenvalue weighted by molar-refractivity contribution is 6.22. The molecular weight excluding hydrogens is 685 g/mol. The first-order valence-corrected chi connectivity index (χ1v) is 18.4. The van der Waals surface area contributed by atoms with Gasteiger partial charge >= 0.3 is 0 Å². The lowest BCUT2D eigenvalue weighted by Gasteiger charge is -2.15. The van der Waals surface area contributed by atoms with Gasteiger partial charge in [0.2, 0.25) is 0 Å². The van der Waals surface area contributed by atoms with E-state index in [1.165, 1.54) is 0 Å². The number of rotatable bonds is 6. The van der Waals surface area contributed by atoms with Gasteiger partial charge < -0.3 is 0 Å². The van der Waals surface area contributed by atoms with Gasteiger partial charge in [0.05, 0.1) is 17.6 Å². The van der Waals surface area contributed by atoms with E-state index in [1.54, 1.807) is 0 Å². The van der Waals surface area contributed by atoms with Crippen molar-refractivity contribution in [3.05, 3.63) is 194 Å².